The summed E-state index contributed by atoms with van der Waals surface area (Å²) in [6.07, 6.45) is 0.960. The molecule has 0 saturated carbocycles. The van der Waals surface area contributed by atoms with Crippen LogP contribution in [0.2, 0.25) is 0 Å². The molecule has 218 valence electrons. The normalized spacial score (nSPS) is 21.0. The molecule has 1 N–H and O–H groups in total. The minimum absolute atomic E-state index is 0.152. The number of hydrogen-bond donors (Lipinski definition) is 1. The van der Waals surface area contributed by atoms with Gasteiger partial charge in [0.05, 0.1) is 12.3 Å². The van der Waals surface area contributed by atoms with Crippen molar-refractivity contribution in [1.29, 1.82) is 0 Å². The summed E-state index contributed by atoms with van der Waals surface area (Å²) in [5.41, 5.74) is 2.86. The standard InChI is InChI=1S/C32H37FN2O5S/c1-5-18-32(21-36,20-34-41(4,38)39)35-29(25-12-6-22(2)7-13-25)30(26-14-8-23(3)9-15-26)40-28(31(35)37)19-24-10-16-27(33)17-11-24/h6-17,21,28-30,34H,5,18-20H2,1-4H3. The molecule has 1 saturated heterocycles. The Labute approximate surface area is 241 Å². The van der Waals surface area contributed by atoms with Gasteiger partial charge in [0.25, 0.3) is 5.91 Å². The van der Waals surface area contributed by atoms with Gasteiger partial charge in [-0.3, -0.25) is 4.79 Å². The number of morpholine rings is 1. The number of amides is 1. The SMILES string of the molecule is CCCC(C=O)(CNS(C)(=O)=O)N1C(=O)C(Cc2ccc(F)cc2)OC(c2ccc(C)cc2)C1c1ccc(C)cc1. The quantitative estimate of drug-likeness (QED) is 0.323. The summed E-state index contributed by atoms with van der Waals surface area (Å²) in [4.78, 5) is 29.1. The van der Waals surface area contributed by atoms with Gasteiger partial charge in [0.15, 0.2) is 0 Å². The van der Waals surface area contributed by atoms with E-state index in [4.69, 9.17) is 4.74 Å². The maximum Gasteiger partial charge on any atom is 0.253 e. The molecular weight excluding hydrogens is 543 g/mol. The number of aldehydes is 1. The van der Waals surface area contributed by atoms with E-state index in [-0.39, 0.29) is 19.4 Å². The Hall–Kier alpha value is -3.40. The van der Waals surface area contributed by atoms with Crippen molar-refractivity contribution in [2.24, 2.45) is 0 Å². The van der Waals surface area contributed by atoms with Crippen molar-refractivity contribution in [2.75, 3.05) is 12.8 Å². The predicted molar refractivity (Wildman–Crippen MR) is 156 cm³/mol. The van der Waals surface area contributed by atoms with Gasteiger partial charge < -0.3 is 14.4 Å². The highest BCUT2D eigenvalue weighted by Crippen LogP contribution is 2.46. The number of aryl methyl sites for hydroxylation is 2. The molecule has 0 spiro atoms. The summed E-state index contributed by atoms with van der Waals surface area (Å²) < 4.78 is 47.2. The van der Waals surface area contributed by atoms with Gasteiger partial charge >= 0.3 is 0 Å². The summed E-state index contributed by atoms with van der Waals surface area (Å²) in [6, 6.07) is 20.7. The average molecular weight is 581 g/mol. The summed E-state index contributed by atoms with van der Waals surface area (Å²) in [5, 5.41) is 0. The number of halogens is 1. The third-order valence-electron chi connectivity index (χ3n) is 7.57. The molecule has 4 atom stereocenters. The number of nitrogens with zero attached hydrogens (tertiary/aromatic N) is 1. The largest absolute Gasteiger partial charge is 0.358 e. The molecular formula is C32H37FN2O5S. The van der Waals surface area contributed by atoms with Gasteiger partial charge in [-0.1, -0.05) is 85.1 Å². The highest BCUT2D eigenvalue weighted by molar-refractivity contribution is 7.88. The minimum Gasteiger partial charge on any atom is -0.358 e. The number of hydrogen-bond acceptors (Lipinski definition) is 5. The van der Waals surface area contributed by atoms with E-state index < -0.39 is 45.5 Å². The van der Waals surface area contributed by atoms with Gasteiger partial charge in [0.1, 0.15) is 29.9 Å². The smallest absolute Gasteiger partial charge is 0.253 e. The molecule has 1 fully saturated rings. The number of nitrogens with one attached hydrogen (secondary N) is 1. The van der Waals surface area contributed by atoms with Crippen molar-refractivity contribution in [2.45, 2.75) is 63.8 Å². The van der Waals surface area contributed by atoms with Crippen molar-refractivity contribution in [3.8, 4) is 0 Å². The molecule has 1 aliphatic rings. The molecule has 0 aliphatic carbocycles. The summed E-state index contributed by atoms with van der Waals surface area (Å²) >= 11 is 0. The first kappa shape index (κ1) is 30.6. The molecule has 7 nitrogen and oxygen atoms in total. The van der Waals surface area contributed by atoms with Crippen LogP contribution in [0, 0.1) is 19.7 Å². The van der Waals surface area contributed by atoms with Crippen LogP contribution < -0.4 is 4.72 Å². The Morgan fingerprint density at radius 2 is 1.51 bits per heavy atom. The van der Waals surface area contributed by atoms with Crippen molar-refractivity contribution >= 4 is 22.2 Å². The third kappa shape index (κ3) is 7.09. The lowest BCUT2D eigenvalue weighted by molar-refractivity contribution is -0.187. The van der Waals surface area contributed by atoms with Gasteiger partial charge in [-0.2, -0.15) is 0 Å². The number of carbonyl (C=O) groups is 2. The number of benzene rings is 3. The van der Waals surface area contributed by atoms with Crippen LogP contribution in [0.1, 0.15) is 59.7 Å². The second-order valence-electron chi connectivity index (χ2n) is 10.9. The average Bonchev–Trinajstić information content (AvgIpc) is 2.94. The van der Waals surface area contributed by atoms with Gasteiger partial charge in [0.2, 0.25) is 10.0 Å². The maximum atomic E-state index is 14.5. The zero-order valence-electron chi connectivity index (χ0n) is 23.8. The zero-order valence-corrected chi connectivity index (χ0v) is 24.7. The summed E-state index contributed by atoms with van der Waals surface area (Å²) in [5.74, 6) is -0.822. The van der Waals surface area contributed by atoms with Gasteiger partial charge in [0, 0.05) is 13.0 Å². The fourth-order valence-corrected chi connectivity index (χ4v) is 5.96. The number of carbonyl (C=O) groups excluding carboxylic acids is 2. The lowest BCUT2D eigenvalue weighted by Gasteiger charge is -2.52. The Bertz CT molecular complexity index is 1460. The van der Waals surface area contributed by atoms with E-state index in [0.29, 0.717) is 18.3 Å². The molecule has 3 aromatic rings. The minimum atomic E-state index is -3.68. The van der Waals surface area contributed by atoms with E-state index in [2.05, 4.69) is 4.72 Å². The van der Waals surface area contributed by atoms with Crippen molar-refractivity contribution in [3.05, 3.63) is 106 Å². The summed E-state index contributed by atoms with van der Waals surface area (Å²) in [7, 11) is -3.68. The Balaban J connectivity index is 1.92. The Morgan fingerprint density at radius 1 is 0.951 bits per heavy atom. The Morgan fingerprint density at radius 3 is 2.02 bits per heavy atom. The number of sulfonamides is 1. The first-order chi connectivity index (χ1) is 19.5. The third-order valence-corrected chi connectivity index (χ3v) is 8.24. The van der Waals surface area contributed by atoms with Crippen LogP contribution in [-0.4, -0.2) is 50.0 Å². The van der Waals surface area contributed by atoms with E-state index >= 15 is 0 Å². The van der Waals surface area contributed by atoms with E-state index in [1.807, 2.05) is 69.3 Å². The molecule has 1 heterocycles. The first-order valence-electron chi connectivity index (χ1n) is 13.7. The van der Waals surface area contributed by atoms with Gasteiger partial charge in [-0.05, 0) is 49.1 Å². The van der Waals surface area contributed by atoms with Crippen LogP contribution in [0.4, 0.5) is 4.39 Å². The van der Waals surface area contributed by atoms with E-state index in [1.54, 1.807) is 17.0 Å². The lowest BCUT2D eigenvalue weighted by atomic mass is 9.83. The molecule has 0 aromatic heterocycles. The highest BCUT2D eigenvalue weighted by atomic mass is 32.2. The van der Waals surface area contributed by atoms with E-state index in [0.717, 1.165) is 28.5 Å². The summed E-state index contributed by atoms with van der Waals surface area (Å²) in [6.45, 7) is 5.55. The molecule has 3 aromatic carbocycles. The van der Waals surface area contributed by atoms with Crippen LogP contribution in [0.15, 0.2) is 72.8 Å². The predicted octanol–water partition coefficient (Wildman–Crippen LogP) is 4.98. The van der Waals surface area contributed by atoms with E-state index in [1.165, 1.54) is 12.1 Å². The molecule has 0 radical (unpaired) electrons. The monoisotopic (exact) mass is 580 g/mol. The molecule has 9 heteroatoms. The number of ether oxygens (including phenoxy) is 1. The molecule has 1 amide bonds. The first-order valence-corrected chi connectivity index (χ1v) is 15.6. The molecule has 0 bridgehead atoms. The lowest BCUT2D eigenvalue weighted by Crippen LogP contribution is -2.65. The number of rotatable bonds is 11. The van der Waals surface area contributed by atoms with Crippen molar-refractivity contribution < 1.29 is 27.1 Å². The highest BCUT2D eigenvalue weighted by Gasteiger charge is 2.52. The fourth-order valence-electron chi connectivity index (χ4n) is 5.45. The van der Waals surface area contributed by atoms with Crippen LogP contribution in [0.3, 0.4) is 0 Å². The van der Waals surface area contributed by atoms with Gasteiger partial charge in [-0.25, -0.2) is 17.5 Å². The molecule has 4 rings (SSSR count). The molecule has 1 aliphatic heterocycles. The van der Waals surface area contributed by atoms with Crippen LogP contribution in [0.5, 0.6) is 0 Å². The second-order valence-corrected chi connectivity index (χ2v) is 12.7. The van der Waals surface area contributed by atoms with E-state index in [9.17, 15) is 22.4 Å². The topological polar surface area (TPSA) is 92.8 Å². The van der Waals surface area contributed by atoms with Crippen LogP contribution >= 0.6 is 0 Å². The Kier molecular flexibility index (Phi) is 9.41. The van der Waals surface area contributed by atoms with Crippen molar-refractivity contribution in [1.82, 2.24) is 9.62 Å². The van der Waals surface area contributed by atoms with Gasteiger partial charge in [-0.15, -0.1) is 0 Å². The second kappa shape index (κ2) is 12.6. The fraction of sp³-hybridized carbons (Fsp3) is 0.375. The van der Waals surface area contributed by atoms with Crippen molar-refractivity contribution in [3.63, 3.8) is 0 Å². The zero-order chi connectivity index (χ0) is 29.8. The van der Waals surface area contributed by atoms with Crippen LogP contribution in [0.25, 0.3) is 0 Å². The molecule has 41 heavy (non-hydrogen) atoms. The molecule has 4 unspecified atom stereocenters. The maximum absolute atomic E-state index is 14.5. The van der Waals surface area contributed by atoms with Crippen LogP contribution in [-0.2, 0) is 30.8 Å².